The molecule has 0 radical (unpaired) electrons. The molecular weight excluding hydrogens is 378 g/mol. The predicted octanol–water partition coefficient (Wildman–Crippen LogP) is 7.10. The summed E-state index contributed by atoms with van der Waals surface area (Å²) in [6.45, 7) is 7.91. The van der Waals surface area contributed by atoms with Crippen molar-refractivity contribution in [2.24, 2.45) is 0 Å². The van der Waals surface area contributed by atoms with Crippen LogP contribution in [-0.2, 0) is 13.3 Å². The number of nitrogens with one attached hydrogen (secondary N) is 1. The van der Waals surface area contributed by atoms with Gasteiger partial charge in [0.05, 0.1) is 0 Å². The molecule has 29 heavy (non-hydrogen) atoms. The van der Waals surface area contributed by atoms with Gasteiger partial charge in [-0.25, -0.2) is 0 Å². The van der Waals surface area contributed by atoms with Crippen molar-refractivity contribution in [3.05, 3.63) is 0 Å². The molecule has 0 aromatic carbocycles. The van der Waals surface area contributed by atoms with Gasteiger partial charge in [-0.15, -0.1) is 0 Å². The first-order valence-corrected chi connectivity index (χ1v) is 14.3. The largest absolute Gasteiger partial charge is 0.500 e. The minimum atomic E-state index is -2.41. The van der Waals surface area contributed by atoms with Crippen LogP contribution in [0.1, 0.15) is 117 Å². The van der Waals surface area contributed by atoms with Gasteiger partial charge in [-0.3, -0.25) is 0 Å². The molecule has 1 N–H and O–H groups in total. The third-order valence-corrected chi connectivity index (χ3v) is 8.93. The highest BCUT2D eigenvalue weighted by atomic mass is 28.4. The van der Waals surface area contributed by atoms with Crippen LogP contribution in [0, 0.1) is 0 Å². The zero-order chi connectivity index (χ0) is 21.8. The van der Waals surface area contributed by atoms with E-state index in [0.717, 1.165) is 19.0 Å². The average molecular weight is 432 g/mol. The first-order valence-electron chi connectivity index (χ1n) is 12.4. The van der Waals surface area contributed by atoms with Crippen LogP contribution in [0.4, 0.5) is 0 Å². The zero-order valence-corrected chi connectivity index (χ0v) is 21.7. The fourth-order valence-corrected chi connectivity index (χ4v) is 5.68. The second-order valence-electron chi connectivity index (χ2n) is 9.20. The second-order valence-corrected chi connectivity index (χ2v) is 12.3. The highest BCUT2D eigenvalue weighted by Gasteiger charge is 2.36. The first-order chi connectivity index (χ1) is 13.9. The van der Waals surface area contributed by atoms with Crippen LogP contribution in [-0.4, -0.2) is 42.2 Å². The van der Waals surface area contributed by atoms with Crippen molar-refractivity contribution in [2.75, 3.05) is 27.9 Å². The van der Waals surface area contributed by atoms with Crippen molar-refractivity contribution in [3.63, 3.8) is 0 Å². The Balaban J connectivity index is 3.54. The molecule has 0 aliphatic heterocycles. The smallest absolute Gasteiger partial charge is 0.377 e. The van der Waals surface area contributed by atoms with Crippen LogP contribution in [0.15, 0.2) is 0 Å². The summed E-state index contributed by atoms with van der Waals surface area (Å²) in [5.41, 5.74) is 0.204. The SMILES string of the molecule is CCCCCCCCCCCCCCCC(C)(C)NCCC[Si](OC)(OC)OC. The molecule has 0 rings (SSSR count). The molecule has 0 saturated carbocycles. The fourth-order valence-electron chi connectivity index (χ4n) is 3.96. The molecule has 0 saturated heterocycles. The van der Waals surface area contributed by atoms with Gasteiger partial charge in [0, 0.05) is 32.9 Å². The monoisotopic (exact) mass is 431 g/mol. The molecule has 0 spiro atoms. The van der Waals surface area contributed by atoms with Crippen LogP contribution in [0.25, 0.3) is 0 Å². The Hall–Kier alpha value is 0.0569. The zero-order valence-electron chi connectivity index (χ0n) is 20.7. The van der Waals surface area contributed by atoms with Crippen molar-refractivity contribution in [2.45, 2.75) is 129 Å². The van der Waals surface area contributed by atoms with Crippen molar-refractivity contribution in [3.8, 4) is 0 Å². The molecule has 5 heteroatoms. The summed E-state index contributed by atoms with van der Waals surface area (Å²) in [7, 11) is 2.64. The fraction of sp³-hybridized carbons (Fsp3) is 1.00. The molecule has 0 aliphatic carbocycles. The summed E-state index contributed by atoms with van der Waals surface area (Å²) in [4.78, 5) is 0. The quantitative estimate of drug-likeness (QED) is 0.146. The molecule has 4 nitrogen and oxygen atoms in total. The molecule has 0 amide bonds. The van der Waals surface area contributed by atoms with E-state index in [1.165, 1.54) is 89.9 Å². The Morgan fingerprint density at radius 3 is 1.45 bits per heavy atom. The summed E-state index contributed by atoms with van der Waals surface area (Å²) in [5, 5.41) is 3.70. The molecule has 0 fully saturated rings. The Morgan fingerprint density at radius 1 is 0.621 bits per heavy atom. The maximum absolute atomic E-state index is 5.49. The van der Waals surface area contributed by atoms with Gasteiger partial charge in [0.1, 0.15) is 0 Å². The summed E-state index contributed by atoms with van der Waals surface area (Å²) in [6, 6.07) is 0.859. The topological polar surface area (TPSA) is 39.7 Å². The summed E-state index contributed by atoms with van der Waals surface area (Å²) < 4.78 is 16.5. The van der Waals surface area contributed by atoms with Crippen molar-refractivity contribution in [1.29, 1.82) is 0 Å². The van der Waals surface area contributed by atoms with Gasteiger partial charge in [-0.1, -0.05) is 90.4 Å². The highest BCUT2D eigenvalue weighted by molar-refractivity contribution is 6.60. The van der Waals surface area contributed by atoms with Gasteiger partial charge in [0.15, 0.2) is 0 Å². The van der Waals surface area contributed by atoms with Gasteiger partial charge in [0.2, 0.25) is 0 Å². The van der Waals surface area contributed by atoms with E-state index in [-0.39, 0.29) is 5.54 Å². The molecule has 0 heterocycles. The lowest BCUT2D eigenvalue weighted by Crippen LogP contribution is -2.44. The predicted molar refractivity (Wildman–Crippen MR) is 129 cm³/mol. The molecule has 0 unspecified atom stereocenters. The standard InChI is InChI=1S/C24H53NO3Si/c1-7-8-9-10-11-12-13-14-15-16-17-18-19-21-24(2,3)25-22-20-23-29(26-4,27-5)28-6/h25H,7-23H2,1-6H3. The maximum Gasteiger partial charge on any atom is 0.500 e. The number of rotatable bonds is 22. The second kappa shape index (κ2) is 18.8. The van der Waals surface area contributed by atoms with Gasteiger partial charge >= 0.3 is 8.80 Å². The Kier molecular flexibility index (Phi) is 18.8. The van der Waals surface area contributed by atoms with Gasteiger partial charge in [0.25, 0.3) is 0 Å². The van der Waals surface area contributed by atoms with E-state index in [2.05, 4.69) is 26.1 Å². The van der Waals surface area contributed by atoms with E-state index in [9.17, 15) is 0 Å². The van der Waals surface area contributed by atoms with Crippen molar-refractivity contribution >= 4 is 8.80 Å². The molecule has 0 aliphatic rings. The molecule has 176 valence electrons. The maximum atomic E-state index is 5.49. The van der Waals surface area contributed by atoms with E-state index in [1.54, 1.807) is 21.3 Å². The average Bonchev–Trinajstić information content (AvgIpc) is 2.72. The van der Waals surface area contributed by atoms with E-state index in [0.29, 0.717) is 0 Å². The highest BCUT2D eigenvalue weighted by Crippen LogP contribution is 2.18. The van der Waals surface area contributed by atoms with E-state index in [1.807, 2.05) is 0 Å². The summed E-state index contributed by atoms with van der Waals surface area (Å²) in [5.74, 6) is 0. The van der Waals surface area contributed by atoms with Crippen LogP contribution in [0.5, 0.6) is 0 Å². The first kappa shape index (κ1) is 29.1. The number of hydrogen-bond donors (Lipinski definition) is 1. The van der Waals surface area contributed by atoms with Crippen LogP contribution in [0.3, 0.4) is 0 Å². The Labute approximate surface area is 184 Å². The van der Waals surface area contributed by atoms with Crippen molar-refractivity contribution < 1.29 is 13.3 Å². The lowest BCUT2D eigenvalue weighted by atomic mass is 9.95. The molecular formula is C24H53NO3Si. The van der Waals surface area contributed by atoms with Crippen molar-refractivity contribution in [1.82, 2.24) is 5.32 Å². The van der Waals surface area contributed by atoms with E-state index in [4.69, 9.17) is 13.3 Å². The number of unbranched alkanes of at least 4 members (excludes halogenated alkanes) is 12. The third kappa shape index (κ3) is 16.4. The molecule has 0 aromatic rings. The van der Waals surface area contributed by atoms with E-state index < -0.39 is 8.80 Å². The molecule has 0 bridgehead atoms. The minimum absolute atomic E-state index is 0.204. The number of hydrogen-bond acceptors (Lipinski definition) is 4. The lowest BCUT2D eigenvalue weighted by molar-refractivity contribution is 0.122. The van der Waals surface area contributed by atoms with Gasteiger partial charge in [-0.2, -0.15) is 0 Å². The van der Waals surface area contributed by atoms with Gasteiger partial charge in [-0.05, 0) is 33.2 Å². The molecule has 0 aromatic heterocycles. The van der Waals surface area contributed by atoms with Crippen LogP contribution >= 0.6 is 0 Å². The van der Waals surface area contributed by atoms with E-state index >= 15 is 0 Å². The summed E-state index contributed by atoms with van der Waals surface area (Å²) in [6.07, 6.45) is 20.7. The molecule has 0 atom stereocenters. The normalized spacial score (nSPS) is 12.6. The van der Waals surface area contributed by atoms with Gasteiger partial charge < -0.3 is 18.6 Å². The third-order valence-electron chi connectivity index (χ3n) is 6.10. The lowest BCUT2D eigenvalue weighted by Gasteiger charge is -2.28. The Bertz CT molecular complexity index is 341. The van der Waals surface area contributed by atoms with Crippen LogP contribution in [0.2, 0.25) is 6.04 Å². The minimum Gasteiger partial charge on any atom is -0.377 e. The summed E-state index contributed by atoms with van der Waals surface area (Å²) >= 11 is 0. The van der Waals surface area contributed by atoms with Crippen LogP contribution < -0.4 is 5.32 Å². The Morgan fingerprint density at radius 2 is 1.03 bits per heavy atom.